The van der Waals surface area contributed by atoms with Gasteiger partial charge in [0, 0.05) is 12.2 Å². The van der Waals surface area contributed by atoms with Gasteiger partial charge in [-0.2, -0.15) is 5.10 Å². The molecule has 0 fully saturated rings. The highest BCUT2D eigenvalue weighted by atomic mass is 16.5. The Hall–Kier alpha value is -2.14. The molecule has 1 atom stereocenters. The normalized spacial score (nSPS) is 12.2. The lowest BCUT2D eigenvalue weighted by Gasteiger charge is -2.06. The maximum atomic E-state index is 11.5. The van der Waals surface area contributed by atoms with Crippen LogP contribution in [0, 0.1) is 0 Å². The van der Waals surface area contributed by atoms with Gasteiger partial charge in [-0.3, -0.25) is 0 Å². The fraction of sp³-hybridized carbons (Fsp3) is 0.286. The summed E-state index contributed by atoms with van der Waals surface area (Å²) in [6.07, 6.45) is 3.15. The SMILES string of the molecule is CCOC(=O)c1cnn(-c2ccc(C(C)N)cc2)c1. The molecule has 2 aromatic rings. The fourth-order valence-corrected chi connectivity index (χ4v) is 1.71. The van der Waals surface area contributed by atoms with E-state index in [-0.39, 0.29) is 12.0 Å². The van der Waals surface area contributed by atoms with Crippen molar-refractivity contribution in [3.8, 4) is 5.69 Å². The van der Waals surface area contributed by atoms with E-state index in [2.05, 4.69) is 5.10 Å². The maximum absolute atomic E-state index is 11.5. The van der Waals surface area contributed by atoms with Crippen LogP contribution in [0.5, 0.6) is 0 Å². The number of carbonyl (C=O) groups is 1. The number of aromatic nitrogens is 2. The van der Waals surface area contributed by atoms with Crippen LogP contribution in [-0.4, -0.2) is 22.4 Å². The van der Waals surface area contributed by atoms with Crippen LogP contribution in [0.15, 0.2) is 36.7 Å². The first-order valence-corrected chi connectivity index (χ1v) is 6.19. The van der Waals surface area contributed by atoms with Gasteiger partial charge in [0.15, 0.2) is 0 Å². The van der Waals surface area contributed by atoms with E-state index in [9.17, 15) is 4.79 Å². The summed E-state index contributed by atoms with van der Waals surface area (Å²) in [5, 5.41) is 4.15. The zero-order chi connectivity index (χ0) is 13.8. The molecule has 1 aromatic carbocycles. The van der Waals surface area contributed by atoms with Crippen molar-refractivity contribution in [1.29, 1.82) is 0 Å². The van der Waals surface area contributed by atoms with E-state index in [1.807, 2.05) is 31.2 Å². The number of esters is 1. The molecule has 100 valence electrons. The molecule has 0 aliphatic rings. The molecule has 0 saturated heterocycles. The summed E-state index contributed by atoms with van der Waals surface area (Å²) in [5.41, 5.74) is 8.17. The van der Waals surface area contributed by atoms with Crippen molar-refractivity contribution in [1.82, 2.24) is 9.78 Å². The van der Waals surface area contributed by atoms with Crippen molar-refractivity contribution in [2.75, 3.05) is 6.61 Å². The third kappa shape index (κ3) is 3.00. The second-order valence-electron chi connectivity index (χ2n) is 4.27. The average molecular weight is 259 g/mol. The lowest BCUT2D eigenvalue weighted by molar-refractivity contribution is 0.0526. The van der Waals surface area contributed by atoms with Crippen molar-refractivity contribution >= 4 is 5.97 Å². The Morgan fingerprint density at radius 1 is 1.42 bits per heavy atom. The summed E-state index contributed by atoms with van der Waals surface area (Å²) in [4.78, 5) is 11.5. The Bertz CT molecular complexity index is 558. The van der Waals surface area contributed by atoms with Crippen LogP contribution in [0.4, 0.5) is 0 Å². The molecule has 1 aromatic heterocycles. The number of rotatable bonds is 4. The first-order chi connectivity index (χ1) is 9.11. The Morgan fingerprint density at radius 2 is 2.11 bits per heavy atom. The summed E-state index contributed by atoms with van der Waals surface area (Å²) < 4.78 is 6.56. The maximum Gasteiger partial charge on any atom is 0.341 e. The summed E-state index contributed by atoms with van der Waals surface area (Å²) in [6, 6.07) is 7.74. The monoisotopic (exact) mass is 259 g/mol. The number of ether oxygens (including phenoxy) is 1. The van der Waals surface area contributed by atoms with Gasteiger partial charge >= 0.3 is 5.97 Å². The van der Waals surface area contributed by atoms with Crippen LogP contribution < -0.4 is 5.73 Å². The molecule has 0 aliphatic heterocycles. The van der Waals surface area contributed by atoms with Gasteiger partial charge in [-0.05, 0) is 31.5 Å². The van der Waals surface area contributed by atoms with Crippen molar-refractivity contribution in [2.24, 2.45) is 5.73 Å². The Balaban J connectivity index is 2.20. The molecule has 0 radical (unpaired) electrons. The minimum absolute atomic E-state index is 0.00163. The van der Waals surface area contributed by atoms with E-state index in [1.165, 1.54) is 6.20 Å². The molecule has 5 heteroatoms. The lowest BCUT2D eigenvalue weighted by atomic mass is 10.1. The predicted molar refractivity (Wildman–Crippen MR) is 72.1 cm³/mol. The van der Waals surface area contributed by atoms with Crippen LogP contribution in [0.1, 0.15) is 35.8 Å². The lowest BCUT2D eigenvalue weighted by Crippen LogP contribution is -2.05. The van der Waals surface area contributed by atoms with E-state index >= 15 is 0 Å². The quantitative estimate of drug-likeness (QED) is 0.853. The average Bonchev–Trinajstić information content (AvgIpc) is 2.89. The van der Waals surface area contributed by atoms with Crippen LogP contribution in [-0.2, 0) is 4.74 Å². The predicted octanol–water partition coefficient (Wildman–Crippen LogP) is 2.07. The summed E-state index contributed by atoms with van der Waals surface area (Å²) in [5.74, 6) is -0.360. The number of hydrogen-bond donors (Lipinski definition) is 1. The molecule has 2 N–H and O–H groups in total. The molecular weight excluding hydrogens is 242 g/mol. The summed E-state index contributed by atoms with van der Waals surface area (Å²) in [7, 11) is 0. The van der Waals surface area contributed by atoms with Gasteiger partial charge < -0.3 is 10.5 Å². The first-order valence-electron chi connectivity index (χ1n) is 6.19. The fourth-order valence-electron chi connectivity index (χ4n) is 1.71. The van der Waals surface area contributed by atoms with E-state index in [0.717, 1.165) is 11.3 Å². The van der Waals surface area contributed by atoms with Crippen molar-refractivity contribution in [3.63, 3.8) is 0 Å². The van der Waals surface area contributed by atoms with Crippen molar-refractivity contribution < 1.29 is 9.53 Å². The van der Waals surface area contributed by atoms with Gasteiger partial charge in [-0.25, -0.2) is 9.48 Å². The van der Waals surface area contributed by atoms with Gasteiger partial charge in [-0.15, -0.1) is 0 Å². The van der Waals surface area contributed by atoms with Crippen LogP contribution in [0.3, 0.4) is 0 Å². The molecule has 2 rings (SSSR count). The van der Waals surface area contributed by atoms with E-state index < -0.39 is 0 Å². The molecule has 0 amide bonds. The zero-order valence-corrected chi connectivity index (χ0v) is 11.0. The smallest absolute Gasteiger partial charge is 0.341 e. The minimum Gasteiger partial charge on any atom is -0.462 e. The van der Waals surface area contributed by atoms with Crippen LogP contribution in [0.2, 0.25) is 0 Å². The number of nitrogens with two attached hydrogens (primary N) is 1. The molecule has 0 bridgehead atoms. The van der Waals surface area contributed by atoms with Gasteiger partial charge in [0.25, 0.3) is 0 Å². The third-order valence-electron chi connectivity index (χ3n) is 2.78. The van der Waals surface area contributed by atoms with Gasteiger partial charge in [0.1, 0.15) is 0 Å². The molecule has 19 heavy (non-hydrogen) atoms. The molecule has 1 unspecified atom stereocenters. The Kier molecular flexibility index (Phi) is 3.97. The molecular formula is C14H17N3O2. The number of benzene rings is 1. The topological polar surface area (TPSA) is 70.1 Å². The molecule has 5 nitrogen and oxygen atoms in total. The number of hydrogen-bond acceptors (Lipinski definition) is 4. The zero-order valence-electron chi connectivity index (χ0n) is 11.0. The van der Waals surface area contributed by atoms with Gasteiger partial charge in [-0.1, -0.05) is 12.1 Å². The largest absolute Gasteiger partial charge is 0.462 e. The highest BCUT2D eigenvalue weighted by molar-refractivity contribution is 5.88. The van der Waals surface area contributed by atoms with Crippen molar-refractivity contribution in [3.05, 3.63) is 47.8 Å². The van der Waals surface area contributed by atoms with E-state index in [0.29, 0.717) is 12.2 Å². The Morgan fingerprint density at radius 3 is 2.68 bits per heavy atom. The Labute approximate surface area is 112 Å². The molecule has 0 saturated carbocycles. The molecule has 0 aliphatic carbocycles. The highest BCUT2D eigenvalue weighted by Crippen LogP contribution is 2.14. The van der Waals surface area contributed by atoms with Crippen LogP contribution >= 0.6 is 0 Å². The molecule has 0 spiro atoms. The third-order valence-corrected chi connectivity index (χ3v) is 2.78. The second kappa shape index (κ2) is 5.67. The van der Waals surface area contributed by atoms with E-state index in [1.54, 1.807) is 17.8 Å². The van der Waals surface area contributed by atoms with Gasteiger partial charge in [0.2, 0.25) is 0 Å². The minimum atomic E-state index is -0.360. The van der Waals surface area contributed by atoms with Crippen LogP contribution in [0.25, 0.3) is 5.69 Å². The second-order valence-corrected chi connectivity index (χ2v) is 4.27. The first kappa shape index (κ1) is 13.3. The highest BCUT2D eigenvalue weighted by Gasteiger charge is 2.10. The van der Waals surface area contributed by atoms with E-state index in [4.69, 9.17) is 10.5 Å². The number of nitrogens with zero attached hydrogens (tertiary/aromatic N) is 2. The van der Waals surface area contributed by atoms with Gasteiger partial charge in [0.05, 0.1) is 24.1 Å². The molecule has 1 heterocycles. The summed E-state index contributed by atoms with van der Waals surface area (Å²) >= 11 is 0. The standard InChI is InChI=1S/C14H17N3O2/c1-3-19-14(18)12-8-16-17(9-12)13-6-4-11(5-7-13)10(2)15/h4-10H,3,15H2,1-2H3. The summed E-state index contributed by atoms with van der Waals surface area (Å²) in [6.45, 7) is 4.06. The number of carbonyl (C=O) groups excluding carboxylic acids is 1. The van der Waals surface area contributed by atoms with Crippen molar-refractivity contribution in [2.45, 2.75) is 19.9 Å².